The molecule has 1 aliphatic rings. The highest BCUT2D eigenvalue weighted by molar-refractivity contribution is 6.01. The van der Waals surface area contributed by atoms with Crippen LogP contribution in [0, 0.1) is 202 Å². The van der Waals surface area contributed by atoms with Crippen molar-refractivity contribution in [1.82, 2.24) is 0 Å². The maximum absolute atomic E-state index is 11.3. The summed E-state index contributed by atoms with van der Waals surface area (Å²) in [6.45, 7) is 0. The summed E-state index contributed by atoms with van der Waals surface area (Å²) in [4.78, 5) is 21.6. The van der Waals surface area contributed by atoms with E-state index in [0.717, 1.165) is 17.5 Å². The molecule has 0 bridgehead atoms. The van der Waals surface area contributed by atoms with Gasteiger partial charge in [-0.1, -0.05) is 6.07 Å². The lowest BCUT2D eigenvalue weighted by Gasteiger charge is -2.05. The first-order valence-electron chi connectivity index (χ1n) is 16.7. The number of benzene rings is 2. The highest BCUT2D eigenvalue weighted by Gasteiger charge is 2.21. The summed E-state index contributed by atoms with van der Waals surface area (Å²) in [5, 5.41) is 27.3. The van der Waals surface area contributed by atoms with Crippen molar-refractivity contribution >= 4 is 11.8 Å². The van der Waals surface area contributed by atoms with Gasteiger partial charge in [0.2, 0.25) is 0 Å². The smallest absolute Gasteiger partial charge is 0.303 e. The molecule has 61 heavy (non-hydrogen) atoms. The number of aryl methyl sites for hydroxylation is 2. The number of methoxy groups -OCH3 is 2. The summed E-state index contributed by atoms with van der Waals surface area (Å²) in [5.41, 5.74) is 2.39. The first-order valence-corrected chi connectivity index (χ1v) is 16.7. The molecule has 7 nitrogen and oxygen atoms in total. The van der Waals surface area contributed by atoms with Gasteiger partial charge >= 0.3 is 5.97 Å². The Bertz CT molecular complexity index is 2990. The van der Waals surface area contributed by atoms with Crippen LogP contribution in [0.1, 0.15) is 34.3 Å². The van der Waals surface area contributed by atoms with E-state index >= 15 is 0 Å². The number of ketones is 1. The van der Waals surface area contributed by atoms with Crippen LogP contribution >= 0.6 is 0 Å². The van der Waals surface area contributed by atoms with E-state index in [1.807, 2.05) is 0 Å². The third kappa shape index (κ3) is 24.4. The van der Waals surface area contributed by atoms with E-state index < -0.39 is 5.97 Å². The van der Waals surface area contributed by atoms with Gasteiger partial charge in [0.15, 0.2) is 28.8 Å². The number of phenols is 2. The summed E-state index contributed by atoms with van der Waals surface area (Å²) in [6.07, 6.45) is 11.6. The summed E-state index contributed by atoms with van der Waals surface area (Å²) in [5.74, 6) is 78.3. The van der Waals surface area contributed by atoms with Gasteiger partial charge in [-0.25, -0.2) is 0 Å². The highest BCUT2D eigenvalue weighted by atomic mass is 16.5. The van der Waals surface area contributed by atoms with Crippen molar-refractivity contribution in [2.75, 3.05) is 14.2 Å². The van der Waals surface area contributed by atoms with Gasteiger partial charge < -0.3 is 24.8 Å². The van der Waals surface area contributed by atoms with E-state index in [-0.39, 0.29) is 23.7 Å². The second kappa shape index (κ2) is 32.7. The second-order valence-electron chi connectivity index (χ2n) is 10.0. The van der Waals surface area contributed by atoms with Crippen molar-refractivity contribution in [3.63, 3.8) is 0 Å². The van der Waals surface area contributed by atoms with Gasteiger partial charge in [0.25, 0.3) is 0 Å². The quantitative estimate of drug-likeness (QED) is 0.400. The third-order valence-electron chi connectivity index (χ3n) is 6.15. The fraction of sp³-hybridized carbons (Fsp3) is 0.111. The third-order valence-corrected chi connectivity index (χ3v) is 6.15. The molecule has 0 heterocycles. The Labute approximate surface area is 357 Å². The predicted octanol–water partition coefficient (Wildman–Crippen LogP) is 3.25. The van der Waals surface area contributed by atoms with Crippen molar-refractivity contribution in [2.45, 2.75) is 25.7 Å². The Morgan fingerprint density at radius 1 is 0.525 bits per heavy atom. The molecule has 0 radical (unpaired) electrons. The monoisotopic (exact) mass is 784 g/mol. The lowest BCUT2D eigenvalue weighted by Crippen LogP contribution is -1.97. The van der Waals surface area contributed by atoms with Gasteiger partial charge in [-0.3, -0.25) is 9.59 Å². The fourth-order valence-corrected chi connectivity index (χ4v) is 3.71. The molecule has 7 heteroatoms. The number of terminal acetylenes is 2. The van der Waals surface area contributed by atoms with Gasteiger partial charge in [0.1, 0.15) is 0 Å². The Hall–Kier alpha value is -10.7. The molecular weight excluding hydrogens is 761 g/mol. The fourth-order valence-electron chi connectivity index (χ4n) is 3.71. The summed E-state index contributed by atoms with van der Waals surface area (Å²) < 4.78 is 9.78. The van der Waals surface area contributed by atoms with Crippen LogP contribution in [0.5, 0.6) is 23.0 Å². The molecule has 0 unspecified atom stereocenters. The van der Waals surface area contributed by atoms with Crippen LogP contribution in [-0.2, 0) is 17.6 Å². The van der Waals surface area contributed by atoms with Crippen LogP contribution in [0.25, 0.3) is 0 Å². The van der Waals surface area contributed by atoms with Crippen molar-refractivity contribution < 1.29 is 34.4 Å². The maximum atomic E-state index is 11.3. The van der Waals surface area contributed by atoms with Crippen molar-refractivity contribution in [1.29, 1.82) is 0 Å². The zero-order chi connectivity index (χ0) is 44.6. The predicted molar refractivity (Wildman–Crippen MR) is 232 cm³/mol. The zero-order valence-corrected chi connectivity index (χ0v) is 32.3. The van der Waals surface area contributed by atoms with Crippen molar-refractivity contribution in [3.8, 4) is 225 Å². The van der Waals surface area contributed by atoms with Gasteiger partial charge in [-0.05, 0) is 143 Å². The largest absolute Gasteiger partial charge is 0.504 e. The molecule has 0 atom stereocenters. The molecule has 0 spiro atoms. The minimum Gasteiger partial charge on any atom is -0.504 e. The number of Topliss-reactive ketones (excluding diaryl/α,β-unsaturated/α-hetero) is 1. The van der Waals surface area contributed by atoms with Gasteiger partial charge in [0, 0.05) is 113 Å². The number of hydrogen-bond donors (Lipinski definition) is 3. The minimum atomic E-state index is -0.847. The van der Waals surface area contributed by atoms with Crippen molar-refractivity contribution in [3.05, 3.63) is 47.0 Å². The molecule has 282 valence electrons. The molecule has 0 aliphatic heterocycles. The number of carboxylic acids is 1. The Balaban J connectivity index is 0.000000553. The summed E-state index contributed by atoms with van der Waals surface area (Å²) >= 11 is 0. The molecule has 1 aliphatic carbocycles. The van der Waals surface area contributed by atoms with Crippen LogP contribution in [0.3, 0.4) is 0 Å². The lowest BCUT2D eigenvalue weighted by molar-refractivity contribution is -0.136. The van der Waals surface area contributed by atoms with E-state index in [0.29, 0.717) is 29.9 Å². The summed E-state index contributed by atoms with van der Waals surface area (Å²) in [6, 6.07) is 8.09. The SMILES string of the molecule is C#CC#CC#CC#CC#CC#CC#CC#CC#CC#CC#CC#CC#CC#CC#CC#CC#C.COc1cc2c(cc1O)CCC2=O.COc1ccc(CCC(=O)O)cc1O. The van der Waals surface area contributed by atoms with Gasteiger partial charge in [-0.2, -0.15) is 0 Å². The molecule has 3 rings (SSSR count). The Kier molecular flexibility index (Phi) is 25.9. The molecule has 0 saturated heterocycles. The molecule has 0 saturated carbocycles. The zero-order valence-electron chi connectivity index (χ0n) is 32.3. The first kappa shape index (κ1) is 48.3. The number of carbonyl (C=O) groups is 2. The number of phenolic OH excluding ortho intramolecular Hbond substituents is 2. The molecular formula is C54H24O7. The number of rotatable bonds is 5. The van der Waals surface area contributed by atoms with E-state index in [1.54, 1.807) is 24.3 Å². The van der Waals surface area contributed by atoms with Crippen molar-refractivity contribution in [2.24, 2.45) is 0 Å². The first-order chi connectivity index (χ1) is 29.8. The number of aromatic hydroxyl groups is 2. The van der Waals surface area contributed by atoms with Crippen LogP contribution in [0.2, 0.25) is 0 Å². The van der Waals surface area contributed by atoms with E-state index in [9.17, 15) is 19.8 Å². The highest BCUT2D eigenvalue weighted by Crippen LogP contribution is 2.33. The molecule has 2 aromatic rings. The average molecular weight is 785 g/mol. The maximum Gasteiger partial charge on any atom is 0.303 e. The molecule has 0 amide bonds. The Morgan fingerprint density at radius 3 is 1.18 bits per heavy atom. The van der Waals surface area contributed by atoms with Crippen LogP contribution in [-0.4, -0.2) is 41.3 Å². The number of aliphatic carboxylic acids is 1. The second-order valence-corrected chi connectivity index (χ2v) is 10.0. The van der Waals surface area contributed by atoms with Crippen LogP contribution < -0.4 is 9.47 Å². The molecule has 0 fully saturated rings. The Morgan fingerprint density at radius 2 is 0.869 bits per heavy atom. The standard InChI is InChI=1S/C34H2.C10H12O4.C10H10O3/c1-3-5-7-9-11-13-15-17-19-21-23-25-27-29-31-33-34-32-30-28-26-24-22-20-18-16-14-12-10-8-6-4-2;1-14-9-4-2-7(6-8(9)11)3-5-10(12)13;1-13-10-5-7-6(4-9(10)12)2-3-8(7)11/h1-2H;2,4,6,11H,3,5H2,1H3,(H,12,13);4-5,12H,2-3H2,1H3. The topological polar surface area (TPSA) is 113 Å². The number of carboxylic acid groups (broad SMARTS) is 1. The van der Waals surface area contributed by atoms with E-state index in [1.165, 1.54) is 20.3 Å². The minimum absolute atomic E-state index is 0.0374. The average Bonchev–Trinajstić information content (AvgIpc) is 3.61. The van der Waals surface area contributed by atoms with Crippen LogP contribution in [0.4, 0.5) is 0 Å². The molecule has 2 aromatic carbocycles. The normalized spacial score (nSPS) is 7.44. The number of carbonyl (C=O) groups excluding carboxylic acids is 1. The number of ether oxygens (including phenoxy) is 2. The lowest BCUT2D eigenvalue weighted by atomic mass is 10.1. The molecule has 3 N–H and O–H groups in total. The summed E-state index contributed by atoms with van der Waals surface area (Å²) in [7, 11) is 2.94. The van der Waals surface area contributed by atoms with Gasteiger partial charge in [-0.15, -0.1) is 12.8 Å². The number of hydrogen-bond acceptors (Lipinski definition) is 6. The van der Waals surface area contributed by atoms with E-state index in [4.69, 9.17) is 27.4 Å². The molecule has 0 aromatic heterocycles. The number of fused-ring (bicyclic) bond motifs is 1. The van der Waals surface area contributed by atoms with E-state index in [2.05, 4.69) is 189 Å². The van der Waals surface area contributed by atoms with Gasteiger partial charge in [0.05, 0.1) is 14.2 Å². The van der Waals surface area contributed by atoms with Crippen LogP contribution in [0.15, 0.2) is 30.3 Å².